The molecule has 2 aromatic heterocycles. The molecule has 0 aliphatic rings. The molecular weight excluding hydrogens is 383 g/mol. The number of hydrogen-bond acceptors (Lipinski definition) is 3. The minimum atomic E-state index is -4.41. The van der Waals surface area contributed by atoms with Crippen LogP contribution in [0.2, 0.25) is 0 Å². The molecule has 3 aromatic rings. The van der Waals surface area contributed by atoms with Gasteiger partial charge >= 0.3 is 6.18 Å². The zero-order chi connectivity index (χ0) is 21.3. The summed E-state index contributed by atoms with van der Waals surface area (Å²) >= 11 is 0. The Hall–Kier alpha value is -3.03. The third kappa shape index (κ3) is 4.52. The first-order chi connectivity index (χ1) is 13.6. The van der Waals surface area contributed by atoms with Crippen LogP contribution in [0.15, 0.2) is 36.5 Å². The number of carbonyl (C=O) groups is 1. The number of alkyl halides is 3. The van der Waals surface area contributed by atoms with Gasteiger partial charge in [-0.2, -0.15) is 13.2 Å². The maximum Gasteiger partial charge on any atom is 0.422 e. The molecule has 0 aliphatic carbocycles. The van der Waals surface area contributed by atoms with Crippen LogP contribution in [-0.4, -0.2) is 28.2 Å². The second-order valence-corrected chi connectivity index (χ2v) is 7.02. The average molecular weight is 405 g/mol. The minimum Gasteiger partial charge on any atom is -0.483 e. The van der Waals surface area contributed by atoms with E-state index < -0.39 is 18.8 Å². The Morgan fingerprint density at radius 2 is 1.97 bits per heavy atom. The van der Waals surface area contributed by atoms with Crippen LogP contribution >= 0.6 is 0 Å². The number of nitrogens with one attached hydrogen (secondary N) is 1. The molecule has 5 nitrogen and oxygen atoms in total. The number of rotatable bonds is 5. The van der Waals surface area contributed by atoms with Crippen molar-refractivity contribution in [1.82, 2.24) is 14.9 Å². The summed E-state index contributed by atoms with van der Waals surface area (Å²) in [6.07, 6.45) is -3.19. The van der Waals surface area contributed by atoms with E-state index in [-0.39, 0.29) is 11.7 Å². The van der Waals surface area contributed by atoms with Gasteiger partial charge in [0.2, 0.25) is 0 Å². The Morgan fingerprint density at radius 3 is 2.59 bits per heavy atom. The first-order valence-corrected chi connectivity index (χ1v) is 9.09. The van der Waals surface area contributed by atoms with Gasteiger partial charge in [-0.25, -0.2) is 0 Å². The Balaban J connectivity index is 1.70. The zero-order valence-corrected chi connectivity index (χ0v) is 16.6. The van der Waals surface area contributed by atoms with Crippen LogP contribution in [-0.2, 0) is 7.05 Å². The molecule has 1 atom stereocenters. The number of pyridine rings is 1. The van der Waals surface area contributed by atoms with Gasteiger partial charge in [0, 0.05) is 29.2 Å². The number of aryl methyl sites for hydroxylation is 2. The van der Waals surface area contributed by atoms with Gasteiger partial charge < -0.3 is 14.6 Å². The van der Waals surface area contributed by atoms with Crippen molar-refractivity contribution in [2.75, 3.05) is 6.61 Å². The summed E-state index contributed by atoms with van der Waals surface area (Å²) < 4.78 is 43.3. The summed E-state index contributed by atoms with van der Waals surface area (Å²) in [6.45, 7) is 4.44. The van der Waals surface area contributed by atoms with Gasteiger partial charge in [-0.1, -0.05) is 0 Å². The van der Waals surface area contributed by atoms with Crippen LogP contribution < -0.4 is 10.1 Å². The van der Waals surface area contributed by atoms with Crippen molar-refractivity contribution in [2.45, 2.75) is 33.0 Å². The zero-order valence-electron chi connectivity index (χ0n) is 16.6. The molecule has 0 aliphatic heterocycles. The quantitative estimate of drug-likeness (QED) is 0.674. The number of nitrogens with zero attached hydrogens (tertiary/aromatic N) is 2. The van der Waals surface area contributed by atoms with Crippen molar-refractivity contribution >= 4 is 16.8 Å². The number of amides is 1. The van der Waals surface area contributed by atoms with Crippen LogP contribution in [0.3, 0.4) is 0 Å². The molecule has 0 fully saturated rings. The third-order valence-electron chi connectivity index (χ3n) is 5.02. The SMILES string of the molecule is Cc1c(C)n(C)c2ccc(C(=O)N[C@H](C)c3ccc(OCC(F)(F)F)cn3)cc12. The Morgan fingerprint density at radius 1 is 1.24 bits per heavy atom. The molecule has 1 N–H and O–H groups in total. The average Bonchev–Trinajstić information content (AvgIpc) is 2.90. The van der Waals surface area contributed by atoms with Crippen molar-refractivity contribution in [2.24, 2.45) is 7.05 Å². The fourth-order valence-electron chi connectivity index (χ4n) is 3.15. The standard InChI is InChI=1S/C21H22F3N3O2/c1-12-14(3)27(4)19-8-5-15(9-17(12)19)20(28)26-13(2)18-7-6-16(10-25-18)29-11-21(22,23)24/h5-10,13H,11H2,1-4H3,(H,26,28)/t13-/m1/s1. The molecule has 0 saturated carbocycles. The largest absolute Gasteiger partial charge is 0.483 e. The van der Waals surface area contributed by atoms with E-state index in [1.165, 1.54) is 18.3 Å². The number of aromatic nitrogens is 2. The molecule has 3 rings (SSSR count). The lowest BCUT2D eigenvalue weighted by Gasteiger charge is -2.15. The highest BCUT2D eigenvalue weighted by Crippen LogP contribution is 2.25. The van der Waals surface area contributed by atoms with Crippen molar-refractivity contribution in [3.05, 3.63) is 59.0 Å². The maximum atomic E-state index is 12.7. The van der Waals surface area contributed by atoms with E-state index in [2.05, 4.69) is 19.6 Å². The van der Waals surface area contributed by atoms with Gasteiger partial charge in [-0.05, 0) is 56.7 Å². The van der Waals surface area contributed by atoms with E-state index in [0.717, 1.165) is 22.2 Å². The van der Waals surface area contributed by atoms with Crippen molar-refractivity contribution in [3.8, 4) is 5.75 Å². The summed E-state index contributed by atoms with van der Waals surface area (Å²) in [4.78, 5) is 16.8. The highest BCUT2D eigenvalue weighted by Gasteiger charge is 2.28. The van der Waals surface area contributed by atoms with Crippen molar-refractivity contribution < 1.29 is 22.7 Å². The van der Waals surface area contributed by atoms with E-state index in [9.17, 15) is 18.0 Å². The summed E-state index contributed by atoms with van der Waals surface area (Å²) in [5, 5.41) is 3.89. The highest BCUT2D eigenvalue weighted by molar-refractivity contribution is 5.99. The molecule has 0 radical (unpaired) electrons. The predicted molar refractivity (Wildman–Crippen MR) is 104 cm³/mol. The van der Waals surface area contributed by atoms with Gasteiger partial charge in [0.05, 0.1) is 17.9 Å². The fraction of sp³-hybridized carbons (Fsp3) is 0.333. The predicted octanol–water partition coefficient (Wildman–Crippen LogP) is 4.62. The number of halogens is 3. The second-order valence-electron chi connectivity index (χ2n) is 7.02. The third-order valence-corrected chi connectivity index (χ3v) is 5.02. The summed E-state index contributed by atoms with van der Waals surface area (Å²) in [5.41, 5.74) is 4.37. The van der Waals surface area contributed by atoms with Gasteiger partial charge in [-0.15, -0.1) is 0 Å². The van der Waals surface area contributed by atoms with Crippen LogP contribution in [0.4, 0.5) is 13.2 Å². The summed E-state index contributed by atoms with van der Waals surface area (Å²) in [6, 6.07) is 8.06. The second kappa shape index (κ2) is 7.77. The number of fused-ring (bicyclic) bond motifs is 1. The van der Waals surface area contributed by atoms with Crippen LogP contribution in [0.25, 0.3) is 10.9 Å². The van der Waals surface area contributed by atoms with Crippen LogP contribution in [0.5, 0.6) is 5.75 Å². The molecule has 8 heteroatoms. The summed E-state index contributed by atoms with van der Waals surface area (Å²) in [7, 11) is 1.99. The molecule has 0 bridgehead atoms. The highest BCUT2D eigenvalue weighted by atomic mass is 19.4. The van der Waals surface area contributed by atoms with E-state index in [1.807, 2.05) is 33.0 Å². The van der Waals surface area contributed by atoms with Crippen molar-refractivity contribution in [1.29, 1.82) is 0 Å². The van der Waals surface area contributed by atoms with E-state index in [0.29, 0.717) is 11.3 Å². The van der Waals surface area contributed by atoms with Gasteiger partial charge in [0.25, 0.3) is 5.91 Å². The van der Waals surface area contributed by atoms with Gasteiger partial charge in [-0.3, -0.25) is 9.78 Å². The molecule has 0 unspecified atom stereocenters. The lowest BCUT2D eigenvalue weighted by Crippen LogP contribution is -2.27. The summed E-state index contributed by atoms with van der Waals surface area (Å²) in [5.74, 6) is -0.232. The van der Waals surface area contributed by atoms with Gasteiger partial charge in [0.15, 0.2) is 6.61 Å². The normalized spacial score (nSPS) is 12.8. The van der Waals surface area contributed by atoms with Crippen LogP contribution in [0.1, 0.15) is 40.3 Å². The molecule has 0 spiro atoms. The molecule has 1 amide bonds. The number of ether oxygens (including phenoxy) is 1. The first kappa shape index (κ1) is 20.7. The minimum absolute atomic E-state index is 0.0185. The van der Waals surface area contributed by atoms with Crippen LogP contribution in [0, 0.1) is 13.8 Å². The maximum absolute atomic E-state index is 12.7. The number of carbonyl (C=O) groups excluding carboxylic acids is 1. The van der Waals surface area contributed by atoms with E-state index in [1.54, 1.807) is 13.0 Å². The van der Waals surface area contributed by atoms with E-state index >= 15 is 0 Å². The Bertz CT molecular complexity index is 1040. The number of benzene rings is 1. The molecule has 29 heavy (non-hydrogen) atoms. The Labute approximate surface area is 166 Å². The smallest absolute Gasteiger partial charge is 0.422 e. The lowest BCUT2D eigenvalue weighted by atomic mass is 10.1. The first-order valence-electron chi connectivity index (χ1n) is 9.09. The molecule has 1 aromatic carbocycles. The lowest BCUT2D eigenvalue weighted by molar-refractivity contribution is -0.153. The van der Waals surface area contributed by atoms with Crippen molar-refractivity contribution in [3.63, 3.8) is 0 Å². The fourth-order valence-corrected chi connectivity index (χ4v) is 3.15. The topological polar surface area (TPSA) is 56.2 Å². The number of hydrogen-bond donors (Lipinski definition) is 1. The molecule has 0 saturated heterocycles. The van der Waals surface area contributed by atoms with Gasteiger partial charge in [0.1, 0.15) is 5.75 Å². The monoisotopic (exact) mass is 405 g/mol. The Kier molecular flexibility index (Phi) is 5.55. The molecular formula is C21H22F3N3O2. The molecule has 154 valence electrons. The van der Waals surface area contributed by atoms with E-state index in [4.69, 9.17) is 0 Å². The molecule has 2 heterocycles.